The molecule has 0 bridgehead atoms. The van der Waals surface area contributed by atoms with Crippen LogP contribution in [0.15, 0.2) is 54.2 Å². The van der Waals surface area contributed by atoms with Crippen LogP contribution in [0.4, 0.5) is 0 Å². The van der Waals surface area contributed by atoms with Gasteiger partial charge in [0.05, 0.1) is 11.3 Å². The van der Waals surface area contributed by atoms with E-state index in [2.05, 4.69) is 31.0 Å². The molecule has 1 fully saturated rings. The highest BCUT2D eigenvalue weighted by atomic mass is 35.5. The maximum atomic E-state index is 9.55. The van der Waals surface area contributed by atoms with Crippen molar-refractivity contribution in [1.82, 2.24) is 19.9 Å². The topological polar surface area (TPSA) is 105 Å². The number of benzene rings is 1. The Hall–Kier alpha value is -3.24. The van der Waals surface area contributed by atoms with Crippen LogP contribution in [0, 0.1) is 22.8 Å². The second kappa shape index (κ2) is 8.41. The molecule has 146 valence electrons. The fraction of sp³-hybridized carbons (Fsp3) is 0.286. The number of likely N-dealkylation sites (tertiary alicyclic amines) is 1. The second-order valence-corrected chi connectivity index (χ2v) is 7.54. The smallest absolute Gasteiger partial charge is 0.141 e. The highest BCUT2D eigenvalue weighted by Gasteiger charge is 2.29. The zero-order valence-corrected chi connectivity index (χ0v) is 16.5. The summed E-state index contributed by atoms with van der Waals surface area (Å²) in [7, 11) is 0. The SMILES string of the molecule is N#CC(=CN1CCC(C(N=N)c2ncnc3[nH]ccc23)CC1)c1ccc(Cl)cc1. The number of piperidine rings is 1. The number of halogens is 1. The van der Waals surface area contributed by atoms with Crippen molar-refractivity contribution in [1.29, 1.82) is 10.8 Å². The summed E-state index contributed by atoms with van der Waals surface area (Å²) < 4.78 is 0. The van der Waals surface area contributed by atoms with Crippen LogP contribution in [-0.2, 0) is 0 Å². The first-order valence-corrected chi connectivity index (χ1v) is 9.84. The zero-order valence-electron chi connectivity index (χ0n) is 15.7. The number of nitrogens with one attached hydrogen (secondary N) is 2. The summed E-state index contributed by atoms with van der Waals surface area (Å²) in [5.41, 5.74) is 10.8. The van der Waals surface area contributed by atoms with Gasteiger partial charge in [-0.15, -0.1) is 0 Å². The number of nitriles is 1. The molecule has 1 aromatic carbocycles. The Balaban J connectivity index is 1.48. The van der Waals surface area contributed by atoms with E-state index in [1.165, 1.54) is 6.33 Å². The minimum absolute atomic E-state index is 0.228. The number of H-pyrrole nitrogens is 1. The van der Waals surface area contributed by atoms with Crippen molar-refractivity contribution in [3.8, 4) is 6.07 Å². The van der Waals surface area contributed by atoms with Crippen LogP contribution in [0.3, 0.4) is 0 Å². The molecule has 2 N–H and O–H groups in total. The van der Waals surface area contributed by atoms with Crippen molar-refractivity contribution < 1.29 is 0 Å². The van der Waals surface area contributed by atoms with Gasteiger partial charge in [0.2, 0.25) is 0 Å². The van der Waals surface area contributed by atoms with E-state index in [1.807, 2.05) is 30.6 Å². The normalized spacial score (nSPS) is 16.6. The lowest BCUT2D eigenvalue weighted by Crippen LogP contribution is -2.32. The fourth-order valence-electron chi connectivity index (χ4n) is 3.86. The minimum atomic E-state index is -0.283. The van der Waals surface area contributed by atoms with E-state index in [9.17, 15) is 5.26 Å². The van der Waals surface area contributed by atoms with Crippen molar-refractivity contribution in [2.75, 3.05) is 13.1 Å². The lowest BCUT2D eigenvalue weighted by Gasteiger charge is -2.33. The quantitative estimate of drug-likeness (QED) is 0.462. The Bertz CT molecular complexity index is 1070. The molecule has 3 aromatic rings. The molecule has 7 nitrogen and oxygen atoms in total. The average Bonchev–Trinajstić information content (AvgIpc) is 3.24. The molecule has 1 saturated heterocycles. The number of rotatable bonds is 5. The second-order valence-electron chi connectivity index (χ2n) is 7.11. The van der Waals surface area contributed by atoms with E-state index in [0.717, 1.165) is 48.2 Å². The van der Waals surface area contributed by atoms with Crippen molar-refractivity contribution >= 4 is 28.2 Å². The van der Waals surface area contributed by atoms with Gasteiger partial charge in [0, 0.05) is 35.9 Å². The lowest BCUT2D eigenvalue weighted by atomic mass is 9.87. The van der Waals surface area contributed by atoms with Gasteiger partial charge in [0.25, 0.3) is 0 Å². The van der Waals surface area contributed by atoms with Gasteiger partial charge in [0.1, 0.15) is 24.1 Å². The van der Waals surface area contributed by atoms with Gasteiger partial charge in [-0.25, -0.2) is 15.5 Å². The predicted molar refractivity (Wildman–Crippen MR) is 111 cm³/mol. The van der Waals surface area contributed by atoms with Crippen LogP contribution in [0.25, 0.3) is 16.6 Å². The summed E-state index contributed by atoms with van der Waals surface area (Å²) in [5.74, 6) is 0.228. The molecule has 1 atom stereocenters. The number of fused-ring (bicyclic) bond motifs is 1. The van der Waals surface area contributed by atoms with Crippen LogP contribution in [0.1, 0.15) is 30.1 Å². The van der Waals surface area contributed by atoms with Crippen molar-refractivity contribution in [3.05, 3.63) is 65.3 Å². The molecule has 8 heteroatoms. The molecule has 4 rings (SSSR count). The number of hydrogen-bond acceptors (Lipinski definition) is 6. The third kappa shape index (κ3) is 3.98. The van der Waals surface area contributed by atoms with Crippen LogP contribution < -0.4 is 0 Å². The third-order valence-electron chi connectivity index (χ3n) is 5.41. The highest BCUT2D eigenvalue weighted by Crippen LogP contribution is 2.35. The molecule has 3 heterocycles. The molecule has 2 aromatic heterocycles. The summed E-state index contributed by atoms with van der Waals surface area (Å²) in [6.45, 7) is 1.60. The summed E-state index contributed by atoms with van der Waals surface area (Å²) in [5, 5.41) is 15.0. The van der Waals surface area contributed by atoms with Crippen molar-refractivity contribution in [2.24, 2.45) is 11.0 Å². The molecule has 0 spiro atoms. The van der Waals surface area contributed by atoms with E-state index in [0.29, 0.717) is 10.6 Å². The minimum Gasteiger partial charge on any atom is -0.376 e. The van der Waals surface area contributed by atoms with Crippen molar-refractivity contribution in [3.63, 3.8) is 0 Å². The first-order valence-electron chi connectivity index (χ1n) is 9.46. The summed E-state index contributed by atoms with van der Waals surface area (Å²) >= 11 is 5.94. The average molecular weight is 406 g/mol. The van der Waals surface area contributed by atoms with Gasteiger partial charge in [-0.05, 0) is 42.5 Å². The molecule has 1 aliphatic heterocycles. The zero-order chi connectivity index (χ0) is 20.2. The van der Waals surface area contributed by atoms with Gasteiger partial charge in [-0.1, -0.05) is 23.7 Å². The number of allylic oxidation sites excluding steroid dienone is 1. The van der Waals surface area contributed by atoms with Gasteiger partial charge < -0.3 is 9.88 Å². The van der Waals surface area contributed by atoms with Crippen LogP contribution in [-0.4, -0.2) is 32.9 Å². The number of nitrogens with zero attached hydrogens (tertiary/aromatic N) is 5. The predicted octanol–water partition coefficient (Wildman–Crippen LogP) is 4.96. The lowest BCUT2D eigenvalue weighted by molar-refractivity contribution is 0.215. The van der Waals surface area contributed by atoms with Crippen molar-refractivity contribution in [2.45, 2.75) is 18.9 Å². The number of aromatic amines is 1. The van der Waals surface area contributed by atoms with Crippen LogP contribution in [0.2, 0.25) is 5.02 Å². The molecular formula is C21H20ClN7. The van der Waals surface area contributed by atoms with Crippen LogP contribution in [0.5, 0.6) is 0 Å². The van der Waals surface area contributed by atoms with Gasteiger partial charge >= 0.3 is 0 Å². The summed E-state index contributed by atoms with van der Waals surface area (Å²) in [6, 6.07) is 11.2. The first kappa shape index (κ1) is 19.1. The van der Waals surface area contributed by atoms with Gasteiger partial charge in [-0.2, -0.15) is 10.4 Å². The van der Waals surface area contributed by atoms with E-state index in [-0.39, 0.29) is 12.0 Å². The van der Waals surface area contributed by atoms with E-state index < -0.39 is 0 Å². The molecule has 1 unspecified atom stereocenters. The Morgan fingerprint density at radius 1 is 1.28 bits per heavy atom. The number of aromatic nitrogens is 3. The molecule has 1 aliphatic rings. The monoisotopic (exact) mass is 405 g/mol. The van der Waals surface area contributed by atoms with Crippen LogP contribution >= 0.6 is 11.6 Å². The molecule has 0 amide bonds. The standard InChI is InChI=1S/C21H20ClN7/c22-17-3-1-14(2-4-17)16(11-23)12-29-9-6-15(7-10-29)19(28-24)20-18-5-8-25-21(18)27-13-26-20/h1-5,8,12-13,15,19,24H,6-7,9-10H2,(H,25,26,27). The first-order chi connectivity index (χ1) is 14.2. The Morgan fingerprint density at radius 2 is 2.03 bits per heavy atom. The van der Waals surface area contributed by atoms with E-state index >= 15 is 0 Å². The number of hydrogen-bond donors (Lipinski definition) is 2. The molecule has 0 saturated carbocycles. The fourth-order valence-corrected chi connectivity index (χ4v) is 3.99. The molecule has 0 aliphatic carbocycles. The van der Waals surface area contributed by atoms with E-state index in [1.54, 1.807) is 12.1 Å². The Morgan fingerprint density at radius 3 is 2.72 bits per heavy atom. The summed E-state index contributed by atoms with van der Waals surface area (Å²) in [6.07, 6.45) is 7.02. The highest BCUT2D eigenvalue weighted by molar-refractivity contribution is 6.30. The molecule has 0 radical (unpaired) electrons. The maximum Gasteiger partial charge on any atom is 0.141 e. The van der Waals surface area contributed by atoms with E-state index in [4.69, 9.17) is 17.1 Å². The Kier molecular flexibility index (Phi) is 5.54. The molecule has 29 heavy (non-hydrogen) atoms. The largest absolute Gasteiger partial charge is 0.376 e. The summed E-state index contributed by atoms with van der Waals surface area (Å²) in [4.78, 5) is 13.9. The van der Waals surface area contributed by atoms with Gasteiger partial charge in [-0.3, -0.25) is 0 Å². The molecular weight excluding hydrogens is 386 g/mol. The maximum absolute atomic E-state index is 9.55. The third-order valence-corrected chi connectivity index (χ3v) is 5.66. The van der Waals surface area contributed by atoms with Gasteiger partial charge in [0.15, 0.2) is 0 Å². The Labute approximate surface area is 173 Å².